The Morgan fingerprint density at radius 3 is 2.76 bits per heavy atom. The van der Waals surface area contributed by atoms with Gasteiger partial charge < -0.3 is 14.4 Å². The minimum absolute atomic E-state index is 0.284. The average Bonchev–Trinajstić information content (AvgIpc) is 3.15. The van der Waals surface area contributed by atoms with Gasteiger partial charge in [0.1, 0.15) is 17.5 Å². The van der Waals surface area contributed by atoms with Gasteiger partial charge in [-0.15, -0.1) is 0 Å². The average molecular weight is 361 g/mol. The fourth-order valence-electron chi connectivity index (χ4n) is 3.54. The van der Waals surface area contributed by atoms with E-state index in [2.05, 4.69) is 19.9 Å². The second-order valence-electron chi connectivity index (χ2n) is 6.48. The van der Waals surface area contributed by atoms with E-state index in [0.717, 1.165) is 48.6 Å². The van der Waals surface area contributed by atoms with E-state index >= 15 is 0 Å². The molecule has 1 saturated carbocycles. The van der Waals surface area contributed by atoms with Crippen LogP contribution in [0, 0.1) is 0 Å². The summed E-state index contributed by atoms with van der Waals surface area (Å²) in [5.74, 6) is 1.17. The number of aromatic nitrogens is 3. The molecule has 0 spiro atoms. The van der Waals surface area contributed by atoms with Crippen molar-refractivity contribution in [2.45, 2.75) is 44.8 Å². The molecule has 2 aromatic heterocycles. The zero-order valence-corrected chi connectivity index (χ0v) is 15.0. The third-order valence-corrected chi connectivity index (χ3v) is 5.17. The van der Waals surface area contributed by atoms with E-state index in [1.807, 2.05) is 6.07 Å². The second-order valence-corrected chi connectivity index (χ2v) is 6.89. The zero-order valence-electron chi connectivity index (χ0n) is 14.2. The summed E-state index contributed by atoms with van der Waals surface area (Å²) < 4.78 is 11.3. The lowest BCUT2D eigenvalue weighted by atomic mass is 10.1. The summed E-state index contributed by atoms with van der Waals surface area (Å²) in [5, 5.41) is 0.512. The molecule has 6 nitrogen and oxygen atoms in total. The van der Waals surface area contributed by atoms with E-state index in [0.29, 0.717) is 17.4 Å². The van der Waals surface area contributed by atoms with Crippen molar-refractivity contribution in [3.05, 3.63) is 34.9 Å². The van der Waals surface area contributed by atoms with Gasteiger partial charge in [0.2, 0.25) is 11.8 Å². The Labute approximate surface area is 152 Å². The highest BCUT2D eigenvalue weighted by Gasteiger charge is 2.25. The number of hydrogen-bond acceptors (Lipinski definition) is 6. The van der Waals surface area contributed by atoms with Crippen molar-refractivity contribution in [2.75, 3.05) is 18.6 Å². The Morgan fingerprint density at radius 1 is 1.16 bits per heavy atom. The number of fused-ring (bicyclic) bond motifs is 1. The fourth-order valence-corrected chi connectivity index (χ4v) is 3.78. The van der Waals surface area contributed by atoms with E-state index < -0.39 is 0 Å². The molecule has 4 rings (SSSR count). The number of nitrogens with zero attached hydrogens (tertiary/aromatic N) is 4. The molecule has 0 amide bonds. The molecule has 2 aromatic rings. The minimum atomic E-state index is 0.284. The van der Waals surface area contributed by atoms with Crippen LogP contribution in [0.1, 0.15) is 36.9 Å². The highest BCUT2D eigenvalue weighted by molar-refractivity contribution is 6.32. The lowest BCUT2D eigenvalue weighted by Gasteiger charge is -2.31. The molecule has 1 aliphatic carbocycles. The van der Waals surface area contributed by atoms with Crippen molar-refractivity contribution in [1.82, 2.24) is 15.0 Å². The van der Waals surface area contributed by atoms with Gasteiger partial charge in [0.15, 0.2) is 0 Å². The van der Waals surface area contributed by atoms with E-state index in [9.17, 15) is 0 Å². The van der Waals surface area contributed by atoms with Crippen LogP contribution in [0.3, 0.4) is 0 Å². The van der Waals surface area contributed by atoms with Gasteiger partial charge in [-0.25, -0.2) is 15.0 Å². The lowest BCUT2D eigenvalue weighted by Crippen LogP contribution is -2.32. The Hall–Kier alpha value is -2.08. The maximum absolute atomic E-state index is 6.23. The van der Waals surface area contributed by atoms with Crippen LogP contribution in [0.2, 0.25) is 5.02 Å². The van der Waals surface area contributed by atoms with Gasteiger partial charge in [0.25, 0.3) is 0 Å². The number of halogens is 1. The Kier molecular flexibility index (Phi) is 4.61. The summed E-state index contributed by atoms with van der Waals surface area (Å²) in [5.41, 5.74) is 3.12. The maximum Gasteiger partial charge on any atom is 0.232 e. The zero-order chi connectivity index (χ0) is 17.2. The molecule has 0 N–H and O–H groups in total. The number of hydrogen-bond donors (Lipinski definition) is 0. The minimum Gasteiger partial charge on any atom is -0.480 e. The van der Waals surface area contributed by atoms with Crippen LogP contribution in [0.5, 0.6) is 11.8 Å². The van der Waals surface area contributed by atoms with E-state index in [1.54, 1.807) is 19.6 Å². The van der Waals surface area contributed by atoms with Crippen molar-refractivity contribution >= 4 is 17.3 Å². The maximum atomic E-state index is 6.23. The van der Waals surface area contributed by atoms with Gasteiger partial charge >= 0.3 is 0 Å². The van der Waals surface area contributed by atoms with Crippen LogP contribution in [0.4, 0.5) is 5.69 Å². The van der Waals surface area contributed by atoms with Crippen LogP contribution in [0.15, 0.2) is 18.6 Å². The van der Waals surface area contributed by atoms with E-state index in [4.69, 9.17) is 21.1 Å². The fraction of sp³-hybridized carbons (Fsp3) is 0.500. The molecular weight excluding hydrogens is 340 g/mol. The van der Waals surface area contributed by atoms with Crippen molar-refractivity contribution in [3.63, 3.8) is 0 Å². The quantitative estimate of drug-likeness (QED) is 0.832. The highest BCUT2D eigenvalue weighted by Crippen LogP contribution is 2.33. The molecule has 1 aliphatic heterocycles. The molecule has 25 heavy (non-hydrogen) atoms. The van der Waals surface area contributed by atoms with Crippen LogP contribution in [0.25, 0.3) is 0 Å². The molecule has 132 valence electrons. The monoisotopic (exact) mass is 360 g/mol. The number of anilines is 1. The number of pyridine rings is 1. The van der Waals surface area contributed by atoms with Gasteiger partial charge in [-0.2, -0.15) is 0 Å². The van der Waals surface area contributed by atoms with E-state index in [-0.39, 0.29) is 6.10 Å². The number of ether oxygens (including phenoxy) is 2. The summed E-state index contributed by atoms with van der Waals surface area (Å²) in [4.78, 5) is 15.4. The third-order valence-electron chi connectivity index (χ3n) is 4.89. The van der Waals surface area contributed by atoms with Gasteiger partial charge in [0.05, 0.1) is 36.8 Å². The molecule has 3 heterocycles. The molecule has 2 aliphatic rings. The van der Waals surface area contributed by atoms with Crippen LogP contribution < -0.4 is 14.4 Å². The van der Waals surface area contributed by atoms with Crippen molar-refractivity contribution in [2.24, 2.45) is 0 Å². The molecule has 0 bridgehead atoms. The smallest absolute Gasteiger partial charge is 0.232 e. The summed E-state index contributed by atoms with van der Waals surface area (Å²) in [6.45, 7) is 1.56. The molecule has 0 radical (unpaired) electrons. The van der Waals surface area contributed by atoms with Gasteiger partial charge in [-0.05, 0) is 31.7 Å². The summed E-state index contributed by atoms with van der Waals surface area (Å²) in [7, 11) is 1.56. The van der Waals surface area contributed by atoms with Crippen LogP contribution in [-0.2, 0) is 13.0 Å². The first-order valence-corrected chi connectivity index (χ1v) is 9.06. The summed E-state index contributed by atoms with van der Waals surface area (Å²) in [6.07, 6.45) is 9.23. The highest BCUT2D eigenvalue weighted by atomic mass is 35.5. The van der Waals surface area contributed by atoms with Crippen molar-refractivity contribution in [1.29, 1.82) is 0 Å². The molecule has 1 fully saturated rings. The second kappa shape index (κ2) is 7.04. The van der Waals surface area contributed by atoms with Gasteiger partial charge in [0, 0.05) is 13.0 Å². The molecule has 0 atom stereocenters. The molecule has 0 aromatic carbocycles. The van der Waals surface area contributed by atoms with E-state index in [1.165, 1.54) is 12.8 Å². The number of methoxy groups -OCH3 is 1. The Bertz CT molecular complexity index is 765. The topological polar surface area (TPSA) is 60.4 Å². The SMILES string of the molecule is COc1ncc(N2CCc3ncnc(OC4CCCC4)c3C2)cc1Cl. The summed E-state index contributed by atoms with van der Waals surface area (Å²) in [6, 6.07) is 1.89. The Balaban J connectivity index is 1.58. The largest absolute Gasteiger partial charge is 0.480 e. The standard InChI is InChI=1S/C18H21ClN4O2/c1-24-18-15(19)8-12(9-20-18)23-7-6-16-14(10-23)17(22-11-21-16)25-13-4-2-3-5-13/h8-9,11,13H,2-7,10H2,1H3. The molecule has 0 unspecified atom stereocenters. The Morgan fingerprint density at radius 2 is 2.00 bits per heavy atom. The molecule has 0 saturated heterocycles. The predicted molar refractivity (Wildman–Crippen MR) is 95.5 cm³/mol. The van der Waals surface area contributed by atoms with Crippen LogP contribution >= 0.6 is 11.6 Å². The first kappa shape index (κ1) is 16.4. The van der Waals surface area contributed by atoms with Crippen LogP contribution in [-0.4, -0.2) is 34.7 Å². The first-order valence-electron chi connectivity index (χ1n) is 8.68. The van der Waals surface area contributed by atoms with Crippen molar-refractivity contribution < 1.29 is 9.47 Å². The number of rotatable bonds is 4. The lowest BCUT2D eigenvalue weighted by molar-refractivity contribution is 0.198. The normalized spacial score (nSPS) is 17.4. The van der Waals surface area contributed by atoms with Crippen molar-refractivity contribution in [3.8, 4) is 11.8 Å². The molecule has 7 heteroatoms. The third kappa shape index (κ3) is 3.35. The molecular formula is C18H21ClN4O2. The summed E-state index contributed by atoms with van der Waals surface area (Å²) >= 11 is 6.23. The first-order chi connectivity index (χ1) is 12.2. The van der Waals surface area contributed by atoms with Gasteiger partial charge in [-0.3, -0.25) is 0 Å². The van der Waals surface area contributed by atoms with Gasteiger partial charge in [-0.1, -0.05) is 11.6 Å². The predicted octanol–water partition coefficient (Wildman–Crippen LogP) is 3.42.